The molecule has 102 valence electrons. The van der Waals surface area contributed by atoms with Crippen LogP contribution in [-0.2, 0) is 6.42 Å². The van der Waals surface area contributed by atoms with Gasteiger partial charge in [-0.2, -0.15) is 0 Å². The van der Waals surface area contributed by atoms with Crippen LogP contribution in [0.25, 0.3) is 11.1 Å². The van der Waals surface area contributed by atoms with E-state index in [-0.39, 0.29) is 0 Å². The van der Waals surface area contributed by atoms with E-state index < -0.39 is 0 Å². The molecule has 3 aromatic carbocycles. The molecule has 0 unspecified atom stereocenters. The monoisotopic (exact) mass is 270 g/mol. The molecule has 0 atom stereocenters. The third kappa shape index (κ3) is 1.83. The minimum atomic E-state index is 0.383. The zero-order valence-corrected chi connectivity index (χ0v) is 12.2. The van der Waals surface area contributed by atoms with Gasteiger partial charge in [0.1, 0.15) is 0 Å². The van der Waals surface area contributed by atoms with Crippen LogP contribution in [0.15, 0.2) is 72.8 Å². The Morgan fingerprint density at radius 2 is 1.10 bits per heavy atom. The Morgan fingerprint density at radius 1 is 0.619 bits per heavy atom. The molecule has 3 aromatic rings. The summed E-state index contributed by atoms with van der Waals surface area (Å²) in [5, 5.41) is 0. The van der Waals surface area contributed by atoms with Crippen LogP contribution in [0.1, 0.15) is 35.1 Å². The van der Waals surface area contributed by atoms with Crippen LogP contribution < -0.4 is 0 Å². The lowest BCUT2D eigenvalue weighted by molar-refractivity contribution is 0.965. The van der Waals surface area contributed by atoms with Crippen LogP contribution in [0.2, 0.25) is 0 Å². The first-order valence-corrected chi connectivity index (χ1v) is 7.66. The largest absolute Gasteiger partial charge is 0.0620 e. The van der Waals surface area contributed by atoms with Gasteiger partial charge in [-0.3, -0.25) is 0 Å². The Morgan fingerprint density at radius 3 is 1.67 bits per heavy atom. The summed E-state index contributed by atoms with van der Waals surface area (Å²) in [4.78, 5) is 0. The van der Waals surface area contributed by atoms with Crippen LogP contribution in [0.3, 0.4) is 0 Å². The summed E-state index contributed by atoms with van der Waals surface area (Å²) in [5.41, 5.74) is 8.58. The second kappa shape index (κ2) is 4.89. The van der Waals surface area contributed by atoms with Gasteiger partial charge in [-0.25, -0.2) is 0 Å². The predicted molar refractivity (Wildman–Crippen MR) is 88.6 cm³/mol. The second-order valence-corrected chi connectivity index (χ2v) is 5.66. The number of rotatable bonds is 2. The van der Waals surface area contributed by atoms with Crippen LogP contribution in [-0.4, -0.2) is 0 Å². The highest BCUT2D eigenvalue weighted by Gasteiger charge is 2.29. The molecule has 0 aromatic heterocycles. The molecule has 0 saturated carbocycles. The maximum absolute atomic E-state index is 2.29. The molecular formula is C21H18. The van der Waals surface area contributed by atoms with Crippen LogP contribution in [0.5, 0.6) is 0 Å². The molecule has 0 heterocycles. The predicted octanol–water partition coefficient (Wildman–Crippen LogP) is 5.41. The summed E-state index contributed by atoms with van der Waals surface area (Å²) in [5.74, 6) is 0.383. The molecule has 0 N–H and O–H groups in total. The zero-order chi connectivity index (χ0) is 14.2. The lowest BCUT2D eigenvalue weighted by atomic mass is 9.86. The van der Waals surface area contributed by atoms with Gasteiger partial charge in [-0.1, -0.05) is 79.7 Å². The van der Waals surface area contributed by atoms with Crippen molar-refractivity contribution in [3.8, 4) is 11.1 Å². The molecular weight excluding hydrogens is 252 g/mol. The molecule has 0 aliphatic heterocycles. The molecule has 0 nitrogen and oxygen atoms in total. The van der Waals surface area contributed by atoms with Gasteiger partial charge in [0.2, 0.25) is 0 Å². The standard InChI is InChI=1S/C21H18/c1-2-15-9-3-4-10-16(15)21-19-13-7-5-11-17(19)18-12-6-8-14-20(18)21/h3-14,21H,2H2,1H3. The van der Waals surface area contributed by atoms with Crippen molar-refractivity contribution >= 4 is 0 Å². The van der Waals surface area contributed by atoms with Crippen molar-refractivity contribution in [2.75, 3.05) is 0 Å². The highest BCUT2D eigenvalue weighted by atomic mass is 14.3. The molecule has 0 amide bonds. The first-order valence-electron chi connectivity index (χ1n) is 7.66. The molecule has 0 radical (unpaired) electrons. The van der Waals surface area contributed by atoms with Crippen molar-refractivity contribution in [2.24, 2.45) is 0 Å². The quantitative estimate of drug-likeness (QED) is 0.457. The van der Waals surface area contributed by atoms with E-state index in [4.69, 9.17) is 0 Å². The lowest BCUT2D eigenvalue weighted by Gasteiger charge is -2.17. The van der Waals surface area contributed by atoms with Gasteiger partial charge in [0, 0.05) is 5.92 Å². The fraction of sp³-hybridized carbons (Fsp3) is 0.143. The Labute approximate surface area is 126 Å². The topological polar surface area (TPSA) is 0 Å². The number of fused-ring (bicyclic) bond motifs is 3. The third-order valence-electron chi connectivity index (χ3n) is 4.58. The van der Waals surface area contributed by atoms with Gasteiger partial charge in [-0.15, -0.1) is 0 Å². The van der Waals surface area contributed by atoms with Gasteiger partial charge in [-0.05, 0) is 39.8 Å². The Kier molecular flexibility index (Phi) is 2.89. The summed E-state index contributed by atoms with van der Waals surface area (Å²) in [7, 11) is 0. The van der Waals surface area contributed by atoms with Crippen LogP contribution >= 0.6 is 0 Å². The fourth-order valence-electron chi connectivity index (χ4n) is 3.63. The Hall–Kier alpha value is -2.34. The molecule has 4 rings (SSSR count). The highest BCUT2D eigenvalue weighted by Crippen LogP contribution is 2.48. The maximum atomic E-state index is 2.29. The Balaban J connectivity index is 2.01. The molecule has 0 bridgehead atoms. The van der Waals surface area contributed by atoms with E-state index in [1.165, 1.54) is 33.4 Å². The number of benzene rings is 3. The molecule has 21 heavy (non-hydrogen) atoms. The van der Waals surface area contributed by atoms with Crippen molar-refractivity contribution in [1.82, 2.24) is 0 Å². The van der Waals surface area contributed by atoms with Crippen molar-refractivity contribution < 1.29 is 0 Å². The molecule has 0 heteroatoms. The second-order valence-electron chi connectivity index (χ2n) is 5.66. The first-order chi connectivity index (χ1) is 10.4. The van der Waals surface area contributed by atoms with E-state index in [9.17, 15) is 0 Å². The summed E-state index contributed by atoms with van der Waals surface area (Å²) in [6.45, 7) is 2.24. The molecule has 1 aliphatic rings. The molecule has 1 aliphatic carbocycles. The summed E-state index contributed by atoms with van der Waals surface area (Å²) < 4.78 is 0. The maximum Gasteiger partial charge on any atom is 0.0355 e. The van der Waals surface area contributed by atoms with Crippen LogP contribution in [0.4, 0.5) is 0 Å². The summed E-state index contributed by atoms with van der Waals surface area (Å²) in [6.07, 6.45) is 1.08. The van der Waals surface area contributed by atoms with Crippen molar-refractivity contribution in [3.05, 3.63) is 95.1 Å². The van der Waals surface area contributed by atoms with Crippen molar-refractivity contribution in [1.29, 1.82) is 0 Å². The van der Waals surface area contributed by atoms with Gasteiger partial charge in [0.05, 0.1) is 0 Å². The van der Waals surface area contributed by atoms with Crippen LogP contribution in [0, 0.1) is 0 Å². The van der Waals surface area contributed by atoms with Gasteiger partial charge in [0.25, 0.3) is 0 Å². The van der Waals surface area contributed by atoms with E-state index in [0.717, 1.165) is 6.42 Å². The normalized spacial score (nSPS) is 13.0. The lowest BCUT2D eigenvalue weighted by Crippen LogP contribution is -2.02. The zero-order valence-electron chi connectivity index (χ0n) is 12.2. The Bertz CT molecular complexity index is 753. The number of hydrogen-bond acceptors (Lipinski definition) is 0. The van der Waals surface area contributed by atoms with E-state index >= 15 is 0 Å². The fourth-order valence-corrected chi connectivity index (χ4v) is 3.63. The van der Waals surface area contributed by atoms with Gasteiger partial charge < -0.3 is 0 Å². The van der Waals surface area contributed by atoms with Crippen molar-refractivity contribution in [3.63, 3.8) is 0 Å². The first kappa shape index (κ1) is 12.4. The van der Waals surface area contributed by atoms with E-state index in [2.05, 4.69) is 79.7 Å². The third-order valence-corrected chi connectivity index (χ3v) is 4.58. The molecule has 0 saturated heterocycles. The minimum absolute atomic E-state index is 0.383. The molecule has 0 spiro atoms. The highest BCUT2D eigenvalue weighted by molar-refractivity contribution is 5.80. The summed E-state index contributed by atoms with van der Waals surface area (Å²) in [6, 6.07) is 26.5. The van der Waals surface area contributed by atoms with Gasteiger partial charge in [0.15, 0.2) is 0 Å². The van der Waals surface area contributed by atoms with Gasteiger partial charge >= 0.3 is 0 Å². The smallest absolute Gasteiger partial charge is 0.0355 e. The molecule has 0 fully saturated rings. The average molecular weight is 270 g/mol. The average Bonchev–Trinajstić information content (AvgIpc) is 2.89. The van der Waals surface area contributed by atoms with E-state index in [1.807, 2.05) is 0 Å². The number of hydrogen-bond donors (Lipinski definition) is 0. The summed E-state index contributed by atoms with van der Waals surface area (Å²) >= 11 is 0. The van der Waals surface area contributed by atoms with Crippen molar-refractivity contribution in [2.45, 2.75) is 19.3 Å². The number of aryl methyl sites for hydroxylation is 1. The van der Waals surface area contributed by atoms with E-state index in [0.29, 0.717) is 5.92 Å². The SMILES string of the molecule is CCc1ccccc1C1c2ccccc2-c2ccccc21. The van der Waals surface area contributed by atoms with E-state index in [1.54, 1.807) is 0 Å². The minimum Gasteiger partial charge on any atom is -0.0620 e.